The lowest BCUT2D eigenvalue weighted by atomic mass is 9.87. The second-order valence-corrected chi connectivity index (χ2v) is 8.55. The van der Waals surface area contributed by atoms with Gasteiger partial charge in [-0.25, -0.2) is 0 Å². The molecule has 1 N–H and O–H groups in total. The first-order valence-electron chi connectivity index (χ1n) is 10.4. The van der Waals surface area contributed by atoms with E-state index in [9.17, 15) is 9.90 Å². The van der Waals surface area contributed by atoms with Crippen molar-refractivity contribution in [3.05, 3.63) is 12.2 Å². The Kier molecular flexibility index (Phi) is 9.88. The minimum atomic E-state index is -0.846. The summed E-state index contributed by atoms with van der Waals surface area (Å²) in [5.74, 6) is -0.127. The number of epoxide rings is 1. The summed E-state index contributed by atoms with van der Waals surface area (Å²) in [6.45, 7) is 7.94. The van der Waals surface area contributed by atoms with E-state index in [1.54, 1.807) is 0 Å². The Morgan fingerprint density at radius 3 is 2.46 bits per heavy atom. The summed E-state index contributed by atoms with van der Waals surface area (Å²) in [4.78, 5) is 11.6. The first-order chi connectivity index (χ1) is 12.2. The molecule has 152 valence electrons. The van der Waals surface area contributed by atoms with Crippen LogP contribution in [-0.2, 0) is 14.3 Å². The van der Waals surface area contributed by atoms with E-state index in [0.29, 0.717) is 0 Å². The highest BCUT2D eigenvalue weighted by molar-refractivity contribution is 5.75. The van der Waals surface area contributed by atoms with Gasteiger partial charge in [-0.15, -0.1) is 0 Å². The molecule has 3 atom stereocenters. The van der Waals surface area contributed by atoms with Gasteiger partial charge in [0.25, 0.3) is 0 Å². The molecule has 1 rings (SSSR count). The van der Waals surface area contributed by atoms with Crippen LogP contribution in [0.5, 0.6) is 0 Å². The molecule has 0 radical (unpaired) electrons. The molecule has 1 fully saturated rings. The van der Waals surface area contributed by atoms with Gasteiger partial charge in [0.05, 0.1) is 18.6 Å². The van der Waals surface area contributed by atoms with Gasteiger partial charge in [0, 0.05) is 0 Å². The van der Waals surface area contributed by atoms with Crippen molar-refractivity contribution in [2.45, 2.75) is 110 Å². The van der Waals surface area contributed by atoms with Crippen LogP contribution in [0.4, 0.5) is 0 Å². The molecule has 0 aromatic carbocycles. The van der Waals surface area contributed by atoms with E-state index in [1.807, 2.05) is 26.8 Å². The monoisotopic (exact) mass is 368 g/mol. The highest BCUT2D eigenvalue weighted by Crippen LogP contribution is 2.36. The number of methoxy groups -OCH3 is 1. The number of hydrogen-bond acceptors (Lipinski definition) is 4. The van der Waals surface area contributed by atoms with Crippen molar-refractivity contribution >= 4 is 5.97 Å². The Morgan fingerprint density at radius 1 is 1.12 bits per heavy atom. The van der Waals surface area contributed by atoms with Crippen LogP contribution in [0.2, 0.25) is 0 Å². The van der Waals surface area contributed by atoms with E-state index in [2.05, 4.69) is 13.0 Å². The Labute approximate surface area is 160 Å². The normalized spacial score (nSPS) is 22.4. The summed E-state index contributed by atoms with van der Waals surface area (Å²) >= 11 is 0. The van der Waals surface area contributed by atoms with Crippen LogP contribution >= 0.6 is 0 Å². The fourth-order valence-corrected chi connectivity index (χ4v) is 3.45. The lowest BCUT2D eigenvalue weighted by Gasteiger charge is -2.20. The molecule has 4 heteroatoms. The fourth-order valence-electron chi connectivity index (χ4n) is 3.45. The first-order valence-corrected chi connectivity index (χ1v) is 10.4. The maximum Gasteiger partial charge on any atom is 0.311 e. The molecule has 1 aliphatic rings. The van der Waals surface area contributed by atoms with Crippen molar-refractivity contribution in [2.75, 3.05) is 7.11 Å². The van der Waals surface area contributed by atoms with Gasteiger partial charge in [0.2, 0.25) is 0 Å². The Morgan fingerprint density at radius 2 is 1.81 bits per heavy atom. The minimum Gasteiger partial charge on any atom is -0.469 e. The zero-order valence-electron chi connectivity index (χ0n) is 17.6. The van der Waals surface area contributed by atoms with Crippen LogP contribution in [0, 0.1) is 5.41 Å². The van der Waals surface area contributed by atoms with Crippen molar-refractivity contribution in [1.82, 2.24) is 0 Å². The minimum absolute atomic E-state index is 0.0313. The highest BCUT2D eigenvalue weighted by Gasteiger charge is 2.49. The molecule has 0 spiro atoms. The van der Waals surface area contributed by atoms with E-state index >= 15 is 0 Å². The van der Waals surface area contributed by atoms with E-state index in [1.165, 1.54) is 26.4 Å². The van der Waals surface area contributed by atoms with Crippen molar-refractivity contribution in [2.24, 2.45) is 5.41 Å². The van der Waals surface area contributed by atoms with Crippen molar-refractivity contribution in [1.29, 1.82) is 0 Å². The predicted octanol–water partition coefficient (Wildman–Crippen LogP) is 5.18. The van der Waals surface area contributed by atoms with Gasteiger partial charge in [0.1, 0.15) is 11.7 Å². The average molecular weight is 369 g/mol. The Hall–Kier alpha value is -0.870. The number of esters is 1. The molecule has 26 heavy (non-hydrogen) atoms. The zero-order chi connectivity index (χ0) is 19.6. The first kappa shape index (κ1) is 23.2. The summed E-state index contributed by atoms with van der Waals surface area (Å²) in [5.41, 5.74) is -1.23. The Bertz CT molecular complexity index is 439. The van der Waals surface area contributed by atoms with Crippen LogP contribution < -0.4 is 0 Å². The molecule has 1 heterocycles. The van der Waals surface area contributed by atoms with Crippen LogP contribution in [0.3, 0.4) is 0 Å². The lowest BCUT2D eigenvalue weighted by molar-refractivity contribution is -0.151. The molecule has 3 unspecified atom stereocenters. The summed E-state index contributed by atoms with van der Waals surface area (Å²) in [6.07, 6.45) is 15.2. The fraction of sp³-hybridized carbons (Fsp3) is 0.864. The van der Waals surface area contributed by atoms with Gasteiger partial charge in [0.15, 0.2) is 0 Å². The zero-order valence-corrected chi connectivity index (χ0v) is 17.6. The van der Waals surface area contributed by atoms with Crippen molar-refractivity contribution < 1.29 is 19.4 Å². The third-order valence-electron chi connectivity index (χ3n) is 5.37. The van der Waals surface area contributed by atoms with Gasteiger partial charge in [-0.3, -0.25) is 4.79 Å². The lowest BCUT2D eigenvalue weighted by Crippen LogP contribution is -2.30. The molecule has 1 saturated heterocycles. The third kappa shape index (κ3) is 8.22. The van der Waals surface area contributed by atoms with Crippen LogP contribution in [0.1, 0.15) is 91.9 Å². The molecule has 0 bridgehead atoms. The second kappa shape index (κ2) is 11.1. The molecule has 0 aliphatic carbocycles. The second-order valence-electron chi connectivity index (χ2n) is 8.55. The summed E-state index contributed by atoms with van der Waals surface area (Å²) in [6, 6.07) is 0. The molecular formula is C22H40O4. The van der Waals surface area contributed by atoms with E-state index in [-0.39, 0.29) is 23.6 Å². The SMILES string of the molecule is CCCCCC1OC1C(C)(O)/C=C\CCCCCCC(C)(C)C(=O)OC. The number of rotatable bonds is 14. The van der Waals surface area contributed by atoms with Crippen LogP contribution in [0.15, 0.2) is 12.2 Å². The summed E-state index contributed by atoms with van der Waals surface area (Å²) in [5, 5.41) is 10.5. The average Bonchev–Trinajstić information content (AvgIpc) is 3.37. The molecule has 4 nitrogen and oxygen atoms in total. The smallest absolute Gasteiger partial charge is 0.311 e. The van der Waals surface area contributed by atoms with Crippen LogP contribution in [0.25, 0.3) is 0 Å². The third-order valence-corrected chi connectivity index (χ3v) is 5.37. The van der Waals surface area contributed by atoms with Gasteiger partial charge in [-0.2, -0.15) is 0 Å². The number of aliphatic hydroxyl groups is 1. The Balaban J connectivity index is 2.11. The summed E-state index contributed by atoms with van der Waals surface area (Å²) in [7, 11) is 1.45. The van der Waals surface area contributed by atoms with E-state index in [4.69, 9.17) is 9.47 Å². The molecule has 0 aromatic rings. The highest BCUT2D eigenvalue weighted by atomic mass is 16.6. The van der Waals surface area contributed by atoms with Gasteiger partial charge in [-0.05, 0) is 46.5 Å². The molecule has 1 aliphatic heterocycles. The number of carbonyl (C=O) groups is 1. The maximum absolute atomic E-state index is 11.6. The molecule has 0 amide bonds. The van der Waals surface area contributed by atoms with Gasteiger partial charge < -0.3 is 14.6 Å². The van der Waals surface area contributed by atoms with Crippen molar-refractivity contribution in [3.8, 4) is 0 Å². The number of ether oxygens (including phenoxy) is 2. The number of allylic oxidation sites excluding steroid dienone is 1. The number of unbranched alkanes of at least 4 members (excludes halogenated alkanes) is 6. The molecule has 0 saturated carbocycles. The van der Waals surface area contributed by atoms with Gasteiger partial charge in [-0.1, -0.05) is 57.6 Å². The maximum atomic E-state index is 11.6. The number of hydrogen-bond donors (Lipinski definition) is 1. The topological polar surface area (TPSA) is 59.1 Å². The standard InChI is InChI=1S/C22H40O4/c1-6-7-12-15-18-19(26-18)22(4,24)17-14-11-9-8-10-13-16-21(2,3)20(23)25-5/h14,17-19,24H,6-13,15-16H2,1-5H3/b17-14-. The largest absolute Gasteiger partial charge is 0.469 e. The van der Waals surface area contributed by atoms with Gasteiger partial charge >= 0.3 is 5.97 Å². The quantitative estimate of drug-likeness (QED) is 0.199. The number of carbonyl (C=O) groups excluding carboxylic acids is 1. The molecule has 0 aromatic heterocycles. The van der Waals surface area contributed by atoms with E-state index < -0.39 is 5.60 Å². The molecular weight excluding hydrogens is 328 g/mol. The summed E-state index contributed by atoms with van der Waals surface area (Å²) < 4.78 is 10.5. The predicted molar refractivity (Wildman–Crippen MR) is 106 cm³/mol. The van der Waals surface area contributed by atoms with E-state index in [0.717, 1.165) is 44.9 Å². The van der Waals surface area contributed by atoms with Crippen LogP contribution in [-0.4, -0.2) is 36.0 Å². The van der Waals surface area contributed by atoms with Crippen molar-refractivity contribution in [3.63, 3.8) is 0 Å².